The third kappa shape index (κ3) is 9.66. The van der Waals surface area contributed by atoms with Crippen molar-refractivity contribution in [2.45, 2.75) is 51.2 Å². The second kappa shape index (κ2) is 11.7. The van der Waals surface area contributed by atoms with Crippen LogP contribution in [0.2, 0.25) is 0 Å². The lowest BCUT2D eigenvalue weighted by atomic mass is 10.1. The summed E-state index contributed by atoms with van der Waals surface area (Å²) in [7, 11) is -3.56. The van der Waals surface area contributed by atoms with Crippen molar-refractivity contribution in [1.29, 1.82) is 0 Å². The summed E-state index contributed by atoms with van der Waals surface area (Å²) in [5.41, 5.74) is 1.77. The lowest BCUT2D eigenvalue weighted by molar-refractivity contribution is -0.139. The van der Waals surface area contributed by atoms with Gasteiger partial charge in [0.25, 0.3) is 0 Å². The second-order valence-electron chi connectivity index (χ2n) is 8.83. The standard InChI is InChI=1S/C25H32N2O6S/c1-18(15-23(28)32-17-20-9-7-6-8-10-20)27-21-12-11-19(16-22(21)34(5,30)31)13-14-26-24(29)33-25(2,3)4/h6-12,15-16,27H,13-14,17H2,1-5H3,(H,26,29). The Hall–Kier alpha value is -3.33. The van der Waals surface area contributed by atoms with Gasteiger partial charge in [0.05, 0.1) is 10.6 Å². The Morgan fingerprint density at radius 1 is 1.03 bits per heavy atom. The Bertz CT molecular complexity index is 1140. The number of carbonyl (C=O) groups is 2. The summed E-state index contributed by atoms with van der Waals surface area (Å²) in [4.78, 5) is 24.0. The van der Waals surface area contributed by atoms with Crippen LogP contribution in [-0.2, 0) is 37.1 Å². The minimum absolute atomic E-state index is 0.0904. The summed E-state index contributed by atoms with van der Waals surface area (Å²) in [5, 5.41) is 5.62. The van der Waals surface area contributed by atoms with Crippen molar-refractivity contribution in [3.05, 3.63) is 71.4 Å². The molecule has 8 nitrogen and oxygen atoms in total. The Morgan fingerprint density at radius 3 is 2.32 bits per heavy atom. The Morgan fingerprint density at radius 2 is 1.71 bits per heavy atom. The van der Waals surface area contributed by atoms with Crippen molar-refractivity contribution < 1.29 is 27.5 Å². The zero-order valence-corrected chi connectivity index (χ0v) is 21.0. The summed E-state index contributed by atoms with van der Waals surface area (Å²) in [6.07, 6.45) is 2.27. The van der Waals surface area contributed by atoms with Crippen molar-refractivity contribution in [3.8, 4) is 0 Å². The molecule has 0 atom stereocenters. The molecular weight excluding hydrogens is 456 g/mol. The van der Waals surface area contributed by atoms with Crippen LogP contribution in [-0.4, -0.2) is 38.9 Å². The summed E-state index contributed by atoms with van der Waals surface area (Å²) in [6.45, 7) is 7.40. The zero-order valence-electron chi connectivity index (χ0n) is 20.2. The van der Waals surface area contributed by atoms with E-state index in [0.717, 1.165) is 17.4 Å². The SMILES string of the molecule is CC(=CC(=O)OCc1ccccc1)Nc1ccc(CCNC(=O)OC(C)(C)C)cc1S(C)(=O)=O. The van der Waals surface area contributed by atoms with Gasteiger partial charge in [0.1, 0.15) is 12.2 Å². The van der Waals surface area contributed by atoms with Gasteiger partial charge in [0, 0.05) is 24.6 Å². The van der Waals surface area contributed by atoms with Crippen LogP contribution in [0.15, 0.2) is 65.2 Å². The van der Waals surface area contributed by atoms with Crippen LogP contribution in [0, 0.1) is 0 Å². The predicted molar refractivity (Wildman–Crippen MR) is 131 cm³/mol. The molecule has 34 heavy (non-hydrogen) atoms. The first kappa shape index (κ1) is 26.9. The van der Waals surface area contributed by atoms with E-state index in [1.54, 1.807) is 45.9 Å². The zero-order chi connectivity index (χ0) is 25.4. The number of alkyl carbamates (subject to hydrolysis) is 1. The van der Waals surface area contributed by atoms with Gasteiger partial charge in [-0.15, -0.1) is 0 Å². The van der Waals surface area contributed by atoms with Gasteiger partial charge in [-0.3, -0.25) is 0 Å². The number of benzene rings is 2. The second-order valence-corrected chi connectivity index (χ2v) is 10.8. The number of nitrogens with one attached hydrogen (secondary N) is 2. The van der Waals surface area contributed by atoms with Crippen LogP contribution in [0.1, 0.15) is 38.8 Å². The number of allylic oxidation sites excluding steroid dienone is 1. The van der Waals surface area contributed by atoms with Crippen LogP contribution < -0.4 is 10.6 Å². The van der Waals surface area contributed by atoms with Gasteiger partial charge in [-0.2, -0.15) is 0 Å². The number of ether oxygens (including phenoxy) is 2. The molecule has 0 unspecified atom stereocenters. The molecule has 1 amide bonds. The number of sulfone groups is 1. The van der Waals surface area contributed by atoms with E-state index in [1.165, 1.54) is 6.08 Å². The van der Waals surface area contributed by atoms with Crippen LogP contribution in [0.3, 0.4) is 0 Å². The van der Waals surface area contributed by atoms with Gasteiger partial charge in [-0.05, 0) is 57.4 Å². The molecule has 0 fully saturated rings. The largest absolute Gasteiger partial charge is 0.458 e. The van der Waals surface area contributed by atoms with E-state index in [-0.39, 0.29) is 18.0 Å². The molecule has 0 aliphatic rings. The van der Waals surface area contributed by atoms with Crippen LogP contribution >= 0.6 is 0 Å². The van der Waals surface area contributed by atoms with E-state index in [9.17, 15) is 18.0 Å². The maximum atomic E-state index is 12.4. The van der Waals surface area contributed by atoms with Crippen LogP contribution in [0.25, 0.3) is 0 Å². The van der Waals surface area contributed by atoms with Crippen molar-refractivity contribution in [2.75, 3.05) is 18.1 Å². The highest BCUT2D eigenvalue weighted by Crippen LogP contribution is 2.24. The average molecular weight is 489 g/mol. The molecule has 184 valence electrons. The van der Waals surface area contributed by atoms with Gasteiger partial charge in [0.15, 0.2) is 9.84 Å². The van der Waals surface area contributed by atoms with Crippen LogP contribution in [0.4, 0.5) is 10.5 Å². The number of rotatable bonds is 9. The molecular formula is C25H32N2O6S. The Balaban J connectivity index is 2.03. The lowest BCUT2D eigenvalue weighted by Gasteiger charge is -2.19. The molecule has 0 bridgehead atoms. The number of esters is 1. The molecule has 0 aliphatic carbocycles. The molecule has 0 aliphatic heterocycles. The molecule has 2 N–H and O–H groups in total. The molecule has 0 aromatic heterocycles. The van der Waals surface area contributed by atoms with Crippen LogP contribution in [0.5, 0.6) is 0 Å². The van der Waals surface area contributed by atoms with E-state index >= 15 is 0 Å². The molecule has 0 spiro atoms. The summed E-state index contributed by atoms with van der Waals surface area (Å²) >= 11 is 0. The number of hydrogen-bond donors (Lipinski definition) is 2. The number of amides is 1. The van der Waals surface area contributed by atoms with Gasteiger partial charge in [-0.25, -0.2) is 18.0 Å². The molecule has 0 heterocycles. The molecule has 0 saturated carbocycles. The van der Waals surface area contributed by atoms with Crippen molar-refractivity contribution in [2.24, 2.45) is 0 Å². The van der Waals surface area contributed by atoms with Gasteiger partial charge in [0.2, 0.25) is 0 Å². The molecule has 9 heteroatoms. The maximum absolute atomic E-state index is 12.4. The van der Waals surface area contributed by atoms with Gasteiger partial charge in [-0.1, -0.05) is 36.4 Å². The molecule has 0 saturated heterocycles. The summed E-state index contributed by atoms with van der Waals surface area (Å²) in [5.74, 6) is -0.542. The fraction of sp³-hybridized carbons (Fsp3) is 0.360. The average Bonchev–Trinajstić information content (AvgIpc) is 2.72. The Labute approximate surface area is 201 Å². The summed E-state index contributed by atoms with van der Waals surface area (Å²) in [6, 6.07) is 14.2. The highest BCUT2D eigenvalue weighted by Gasteiger charge is 2.17. The fourth-order valence-electron chi connectivity index (χ4n) is 2.95. The normalized spacial score (nSPS) is 12.1. The molecule has 2 aromatic carbocycles. The smallest absolute Gasteiger partial charge is 0.407 e. The van der Waals surface area contributed by atoms with Gasteiger partial charge < -0.3 is 20.1 Å². The van der Waals surface area contributed by atoms with Crippen molar-refractivity contribution in [1.82, 2.24) is 5.32 Å². The van der Waals surface area contributed by atoms with E-state index in [1.807, 2.05) is 30.3 Å². The topological polar surface area (TPSA) is 111 Å². The molecule has 2 rings (SSSR count). The summed E-state index contributed by atoms with van der Waals surface area (Å²) < 4.78 is 35.2. The third-order valence-electron chi connectivity index (χ3n) is 4.42. The molecule has 0 radical (unpaired) electrons. The van der Waals surface area contributed by atoms with E-state index < -0.39 is 27.5 Å². The maximum Gasteiger partial charge on any atom is 0.407 e. The highest BCUT2D eigenvalue weighted by atomic mass is 32.2. The first-order valence-electron chi connectivity index (χ1n) is 10.8. The first-order valence-corrected chi connectivity index (χ1v) is 12.7. The third-order valence-corrected chi connectivity index (χ3v) is 5.55. The van der Waals surface area contributed by atoms with E-state index in [2.05, 4.69) is 10.6 Å². The Kier molecular flexibility index (Phi) is 9.26. The monoisotopic (exact) mass is 488 g/mol. The fourth-order valence-corrected chi connectivity index (χ4v) is 3.84. The molecule has 2 aromatic rings. The minimum Gasteiger partial charge on any atom is -0.458 e. The quantitative estimate of drug-likeness (QED) is 0.402. The number of anilines is 1. The predicted octanol–water partition coefficient (Wildman–Crippen LogP) is 4.22. The van der Waals surface area contributed by atoms with Gasteiger partial charge >= 0.3 is 12.1 Å². The number of carbonyl (C=O) groups excluding carboxylic acids is 2. The van der Waals surface area contributed by atoms with E-state index in [4.69, 9.17) is 9.47 Å². The first-order chi connectivity index (χ1) is 15.8. The highest BCUT2D eigenvalue weighted by molar-refractivity contribution is 7.90. The minimum atomic E-state index is -3.56. The van der Waals surface area contributed by atoms with Crippen molar-refractivity contribution >= 4 is 27.6 Å². The number of hydrogen-bond acceptors (Lipinski definition) is 7. The lowest BCUT2D eigenvalue weighted by Crippen LogP contribution is -2.33. The van der Waals surface area contributed by atoms with Crippen molar-refractivity contribution in [3.63, 3.8) is 0 Å². The van der Waals surface area contributed by atoms with E-state index in [0.29, 0.717) is 17.8 Å².